The molecule has 0 N–H and O–H groups in total. The zero-order chi connectivity index (χ0) is 17.1. The normalized spacial score (nSPS) is 20.7. The number of hydrogen-bond acceptors (Lipinski definition) is 6. The Morgan fingerprint density at radius 1 is 1.43 bits per heavy atom. The summed E-state index contributed by atoms with van der Waals surface area (Å²) in [7, 11) is 1.19. The summed E-state index contributed by atoms with van der Waals surface area (Å²) in [5, 5.41) is 11.3. The van der Waals surface area contributed by atoms with E-state index in [-0.39, 0.29) is 27.7 Å². The number of hydrogen-bond donors (Lipinski definition) is 0. The Labute approximate surface area is 136 Å². The largest absolute Gasteiger partial charge is 0.466 e. The van der Waals surface area contributed by atoms with Gasteiger partial charge in [-0.25, -0.2) is 9.79 Å². The minimum atomic E-state index is -0.990. The van der Waals surface area contributed by atoms with Crippen molar-refractivity contribution in [3.63, 3.8) is 0 Å². The van der Waals surface area contributed by atoms with Gasteiger partial charge in [0.25, 0.3) is 5.69 Å². The predicted molar refractivity (Wildman–Crippen MR) is 83.4 cm³/mol. The first kappa shape index (κ1) is 16.8. The van der Waals surface area contributed by atoms with Crippen LogP contribution in [-0.2, 0) is 14.3 Å². The van der Waals surface area contributed by atoms with Crippen LogP contribution >= 0.6 is 11.6 Å². The summed E-state index contributed by atoms with van der Waals surface area (Å²) >= 11 is 6.03. The van der Waals surface area contributed by atoms with Crippen LogP contribution in [0, 0.1) is 16.0 Å². The number of carbonyl (C=O) groups is 2. The molecule has 0 fully saturated rings. The monoisotopic (exact) mass is 336 g/mol. The van der Waals surface area contributed by atoms with Gasteiger partial charge in [-0.1, -0.05) is 29.8 Å². The Kier molecular flexibility index (Phi) is 4.90. The summed E-state index contributed by atoms with van der Waals surface area (Å²) in [4.78, 5) is 38.3. The van der Waals surface area contributed by atoms with E-state index in [0.717, 1.165) is 0 Å². The van der Waals surface area contributed by atoms with Crippen molar-refractivity contribution in [2.75, 3.05) is 7.11 Å². The van der Waals surface area contributed by atoms with Gasteiger partial charge in [-0.3, -0.25) is 10.1 Å². The number of rotatable bonds is 4. The van der Waals surface area contributed by atoms with Gasteiger partial charge in [0.1, 0.15) is 11.5 Å². The van der Waals surface area contributed by atoms with E-state index in [1.54, 1.807) is 6.07 Å². The average molecular weight is 337 g/mol. The van der Waals surface area contributed by atoms with Crippen LogP contribution in [0.5, 0.6) is 0 Å². The standard InChI is InChI=1S/C15H13ClN2O5/c1-8-12(15(20)23-2)13(10(7-19)14(16)17-8)9-5-3-4-6-11(9)18(21)22/h3-7,10,13H,1-2H3. The van der Waals surface area contributed by atoms with Crippen molar-refractivity contribution in [2.24, 2.45) is 10.9 Å². The lowest BCUT2D eigenvalue weighted by Crippen LogP contribution is -2.30. The maximum Gasteiger partial charge on any atom is 0.336 e. The molecule has 7 nitrogen and oxygen atoms in total. The van der Waals surface area contributed by atoms with Crippen molar-refractivity contribution in [1.82, 2.24) is 0 Å². The molecule has 23 heavy (non-hydrogen) atoms. The molecule has 0 amide bonds. The highest BCUT2D eigenvalue weighted by atomic mass is 35.5. The molecule has 8 heteroatoms. The van der Waals surface area contributed by atoms with Crippen LogP contribution in [0.4, 0.5) is 5.69 Å². The van der Waals surface area contributed by atoms with E-state index >= 15 is 0 Å². The third kappa shape index (κ3) is 3.00. The molecule has 2 rings (SSSR count). The molecule has 1 aliphatic heterocycles. The average Bonchev–Trinajstić information content (AvgIpc) is 2.53. The van der Waals surface area contributed by atoms with Gasteiger partial charge >= 0.3 is 5.97 Å². The highest BCUT2D eigenvalue weighted by Crippen LogP contribution is 2.42. The van der Waals surface area contributed by atoms with Crippen molar-refractivity contribution in [3.8, 4) is 0 Å². The van der Waals surface area contributed by atoms with Crippen molar-refractivity contribution in [2.45, 2.75) is 12.8 Å². The number of allylic oxidation sites excluding steroid dienone is 1. The molecule has 0 saturated carbocycles. The lowest BCUT2D eigenvalue weighted by Gasteiger charge is -2.28. The molecular weight excluding hydrogens is 324 g/mol. The first-order valence-electron chi connectivity index (χ1n) is 6.64. The molecule has 1 aliphatic rings. The molecule has 0 radical (unpaired) electrons. The topological polar surface area (TPSA) is 98.9 Å². The number of ether oxygens (including phenoxy) is 1. The highest BCUT2D eigenvalue weighted by Gasteiger charge is 2.41. The fourth-order valence-electron chi connectivity index (χ4n) is 2.62. The summed E-state index contributed by atoms with van der Waals surface area (Å²) in [5.74, 6) is -2.62. The molecule has 1 heterocycles. The van der Waals surface area contributed by atoms with Crippen LogP contribution in [0.1, 0.15) is 18.4 Å². The van der Waals surface area contributed by atoms with E-state index in [4.69, 9.17) is 16.3 Å². The molecular formula is C15H13ClN2O5. The Morgan fingerprint density at radius 2 is 2.09 bits per heavy atom. The molecule has 2 atom stereocenters. The summed E-state index contributed by atoms with van der Waals surface area (Å²) < 4.78 is 4.75. The zero-order valence-electron chi connectivity index (χ0n) is 12.4. The SMILES string of the molecule is COC(=O)C1=C(C)N=C(Cl)C(C=O)C1c1ccccc1[N+](=O)[O-]. The lowest BCUT2D eigenvalue weighted by atomic mass is 9.78. The molecule has 1 aromatic rings. The quantitative estimate of drug-likeness (QED) is 0.364. The number of aldehydes is 1. The van der Waals surface area contributed by atoms with Crippen LogP contribution in [0.2, 0.25) is 0 Å². The lowest BCUT2D eigenvalue weighted by molar-refractivity contribution is -0.385. The van der Waals surface area contributed by atoms with E-state index in [1.807, 2.05) is 0 Å². The Bertz CT molecular complexity index is 741. The number of nitro benzene ring substituents is 1. The van der Waals surface area contributed by atoms with Gasteiger partial charge in [0, 0.05) is 23.2 Å². The summed E-state index contributed by atoms with van der Waals surface area (Å²) in [5.41, 5.74) is 0.360. The van der Waals surface area contributed by atoms with E-state index in [0.29, 0.717) is 6.29 Å². The molecule has 0 saturated heterocycles. The number of methoxy groups -OCH3 is 1. The number of halogens is 1. The van der Waals surface area contributed by atoms with E-state index in [1.165, 1.54) is 32.2 Å². The number of esters is 1. The van der Waals surface area contributed by atoms with E-state index in [9.17, 15) is 19.7 Å². The van der Waals surface area contributed by atoms with Gasteiger partial charge in [0.2, 0.25) is 0 Å². The van der Waals surface area contributed by atoms with E-state index < -0.39 is 22.7 Å². The first-order valence-corrected chi connectivity index (χ1v) is 7.02. The summed E-state index contributed by atoms with van der Waals surface area (Å²) in [6, 6.07) is 5.89. The second-order valence-corrected chi connectivity index (χ2v) is 5.27. The van der Waals surface area contributed by atoms with Crippen LogP contribution in [0.25, 0.3) is 0 Å². The third-order valence-electron chi connectivity index (χ3n) is 3.63. The predicted octanol–water partition coefficient (Wildman–Crippen LogP) is 2.59. The summed E-state index contributed by atoms with van der Waals surface area (Å²) in [6.45, 7) is 1.54. The Hall–Kier alpha value is -2.54. The molecule has 0 aliphatic carbocycles. The number of benzene rings is 1. The van der Waals surface area contributed by atoms with Gasteiger partial charge in [0.05, 0.1) is 23.5 Å². The maximum atomic E-state index is 12.1. The molecule has 0 bridgehead atoms. The number of para-hydroxylation sites is 1. The van der Waals surface area contributed by atoms with Crippen molar-refractivity contribution in [3.05, 3.63) is 51.2 Å². The maximum absolute atomic E-state index is 12.1. The van der Waals surface area contributed by atoms with Crippen LogP contribution in [-0.4, -0.2) is 29.5 Å². The van der Waals surface area contributed by atoms with Crippen LogP contribution in [0.15, 0.2) is 40.5 Å². The van der Waals surface area contributed by atoms with Crippen molar-refractivity contribution < 1.29 is 19.2 Å². The van der Waals surface area contributed by atoms with Crippen molar-refractivity contribution in [1.29, 1.82) is 0 Å². The minimum Gasteiger partial charge on any atom is -0.466 e. The van der Waals surface area contributed by atoms with Gasteiger partial charge in [0.15, 0.2) is 0 Å². The summed E-state index contributed by atoms with van der Waals surface area (Å²) in [6.07, 6.45) is 0.530. The molecule has 0 aromatic heterocycles. The van der Waals surface area contributed by atoms with Crippen LogP contribution < -0.4 is 0 Å². The van der Waals surface area contributed by atoms with E-state index in [2.05, 4.69) is 4.99 Å². The molecule has 120 valence electrons. The first-order chi connectivity index (χ1) is 10.9. The molecule has 2 unspecified atom stereocenters. The fraction of sp³-hybridized carbons (Fsp3) is 0.267. The second kappa shape index (κ2) is 6.70. The Morgan fingerprint density at radius 3 is 2.65 bits per heavy atom. The molecule has 0 spiro atoms. The van der Waals surface area contributed by atoms with Gasteiger partial charge < -0.3 is 9.53 Å². The fourth-order valence-corrected chi connectivity index (χ4v) is 2.93. The van der Waals surface area contributed by atoms with Gasteiger partial charge in [-0.15, -0.1) is 0 Å². The van der Waals surface area contributed by atoms with Gasteiger partial charge in [-0.2, -0.15) is 0 Å². The van der Waals surface area contributed by atoms with Gasteiger partial charge in [-0.05, 0) is 6.92 Å². The Balaban J connectivity index is 2.74. The number of nitrogens with zero attached hydrogens (tertiary/aromatic N) is 2. The number of carbonyl (C=O) groups excluding carboxylic acids is 2. The highest BCUT2D eigenvalue weighted by molar-refractivity contribution is 6.67. The van der Waals surface area contributed by atoms with Crippen LogP contribution in [0.3, 0.4) is 0 Å². The third-order valence-corrected chi connectivity index (χ3v) is 3.97. The number of aliphatic imine (C=N–C) groups is 1. The zero-order valence-corrected chi connectivity index (χ0v) is 13.1. The molecule has 1 aromatic carbocycles. The smallest absolute Gasteiger partial charge is 0.336 e. The number of nitro groups is 1. The second-order valence-electron chi connectivity index (χ2n) is 4.88. The minimum absolute atomic E-state index is 0.0201. The van der Waals surface area contributed by atoms with Crippen molar-refractivity contribution >= 4 is 34.7 Å².